The van der Waals surface area contributed by atoms with E-state index < -0.39 is 5.97 Å². The largest absolute Gasteiger partial charge is 2.00 e. The smallest absolute Gasteiger partial charge is 0.458 e. The zero-order chi connectivity index (χ0) is 15.6. The van der Waals surface area contributed by atoms with Gasteiger partial charge in [-0.3, -0.25) is 0 Å². The second-order valence-electron chi connectivity index (χ2n) is 4.64. The van der Waals surface area contributed by atoms with Gasteiger partial charge >= 0.3 is 23.0 Å². The zero-order valence-corrected chi connectivity index (χ0v) is 13.8. The number of hydrogen-bond donors (Lipinski definition) is 0. The number of carbonyl (C=O) groups is 1. The summed E-state index contributed by atoms with van der Waals surface area (Å²) in [5.74, 6) is -0.398. The molecule has 0 aliphatic carbocycles. The molecular weight excluding hydrogens is 328 g/mol. The summed E-state index contributed by atoms with van der Waals surface area (Å²) in [6.45, 7) is 3.63. The quantitative estimate of drug-likeness (QED) is 0.296. The van der Waals surface area contributed by atoms with Crippen LogP contribution in [-0.4, -0.2) is 5.97 Å². The summed E-state index contributed by atoms with van der Waals surface area (Å²) in [7, 11) is 0. The van der Waals surface area contributed by atoms with Gasteiger partial charge in [0, 0.05) is 6.08 Å². The fourth-order valence-corrected chi connectivity index (χ4v) is 1.89. The van der Waals surface area contributed by atoms with Gasteiger partial charge in [-0.25, -0.2) is 16.9 Å². The van der Waals surface area contributed by atoms with E-state index >= 15 is 0 Å². The topological polar surface area (TPSA) is 26.3 Å². The van der Waals surface area contributed by atoms with Crippen molar-refractivity contribution in [1.29, 1.82) is 0 Å². The number of carbonyl (C=O) groups excluding carboxylic acids is 1. The molecule has 2 nitrogen and oxygen atoms in total. The molecule has 3 aromatic carbocycles. The Labute approximate surface area is 147 Å². The Bertz CT molecular complexity index is 648. The van der Waals surface area contributed by atoms with Crippen LogP contribution in [0.4, 0.5) is 0 Å². The van der Waals surface area contributed by atoms with Crippen LogP contribution in [0.25, 0.3) is 11.1 Å². The predicted octanol–water partition coefficient (Wildman–Crippen LogP) is 4.70. The van der Waals surface area contributed by atoms with Crippen LogP contribution in [0, 0.1) is 0 Å². The van der Waals surface area contributed by atoms with Crippen LogP contribution < -0.4 is 0 Å². The van der Waals surface area contributed by atoms with Gasteiger partial charge in [-0.1, -0.05) is 24.3 Å². The first-order valence-electron chi connectivity index (χ1n) is 7.06. The molecule has 3 aromatic rings. The Kier molecular flexibility index (Phi) is 8.44. The van der Waals surface area contributed by atoms with Crippen LogP contribution in [-0.2, 0) is 33.2 Å². The predicted molar refractivity (Wildman–Crippen MR) is 89.5 cm³/mol. The molecule has 0 bridgehead atoms. The number of ether oxygens (including phenoxy) is 1. The van der Waals surface area contributed by atoms with Gasteiger partial charge < -0.3 is 4.74 Å². The van der Waals surface area contributed by atoms with Crippen molar-refractivity contribution in [2.45, 2.75) is 6.61 Å². The van der Waals surface area contributed by atoms with Crippen LogP contribution in [0.2, 0.25) is 0 Å². The first-order chi connectivity index (χ1) is 10.8. The minimum Gasteiger partial charge on any atom is -0.458 e. The van der Waals surface area contributed by atoms with Crippen LogP contribution >= 0.6 is 0 Å². The molecule has 3 rings (SSSR count). The Morgan fingerprint density at radius 1 is 1.09 bits per heavy atom. The molecule has 0 atom stereocenters. The number of benzene rings is 1. The van der Waals surface area contributed by atoms with E-state index in [2.05, 4.69) is 18.7 Å². The van der Waals surface area contributed by atoms with E-state index in [0.29, 0.717) is 0 Å². The summed E-state index contributed by atoms with van der Waals surface area (Å²) in [4.78, 5) is 10.9. The van der Waals surface area contributed by atoms with Crippen LogP contribution in [0.5, 0.6) is 0 Å². The second kappa shape index (κ2) is 10.4. The van der Waals surface area contributed by atoms with Crippen molar-refractivity contribution >= 4 is 5.97 Å². The molecule has 0 heterocycles. The van der Waals surface area contributed by atoms with E-state index in [1.807, 2.05) is 66.7 Å². The monoisotopic (exact) mass is 346 g/mol. The summed E-state index contributed by atoms with van der Waals surface area (Å²) in [5, 5.41) is 0. The van der Waals surface area contributed by atoms with Crippen molar-refractivity contribution in [3.05, 3.63) is 97.1 Å². The van der Waals surface area contributed by atoms with Crippen LogP contribution in [0.3, 0.4) is 0 Å². The van der Waals surface area contributed by atoms with Gasteiger partial charge in [-0.05, 0) is 5.56 Å². The maximum Gasteiger partial charge on any atom is 2.00 e. The van der Waals surface area contributed by atoms with E-state index in [0.717, 1.165) is 11.1 Å². The SMILES string of the molecule is C=CC(=O)OCc1ccc(-[c-]2cccc2)cc1.[Fe+2].c1cc[cH-]c1. The third kappa shape index (κ3) is 6.52. The number of hydrogen-bond acceptors (Lipinski definition) is 2. The van der Waals surface area contributed by atoms with Gasteiger partial charge in [0.1, 0.15) is 6.61 Å². The molecule has 0 aliphatic rings. The fraction of sp³-hybridized carbons (Fsp3) is 0.0500. The van der Waals surface area contributed by atoms with Crippen molar-refractivity contribution in [2.75, 3.05) is 0 Å². The molecule has 0 aliphatic heterocycles. The molecule has 0 saturated heterocycles. The van der Waals surface area contributed by atoms with Gasteiger partial charge in [0.05, 0.1) is 0 Å². The Hall–Kier alpha value is -2.35. The third-order valence-electron chi connectivity index (χ3n) is 3.05. The van der Waals surface area contributed by atoms with E-state index in [-0.39, 0.29) is 23.7 Å². The van der Waals surface area contributed by atoms with Gasteiger partial charge in [-0.15, -0.1) is 29.8 Å². The maximum atomic E-state index is 10.9. The third-order valence-corrected chi connectivity index (χ3v) is 3.05. The molecule has 0 saturated carbocycles. The first-order valence-corrected chi connectivity index (χ1v) is 7.06. The molecule has 0 aromatic heterocycles. The number of esters is 1. The summed E-state index contributed by atoms with van der Waals surface area (Å²) in [6, 6.07) is 26.1. The normalized spacial score (nSPS) is 9.04. The Balaban J connectivity index is 0.000000377. The van der Waals surface area contributed by atoms with Gasteiger partial charge in [0.25, 0.3) is 0 Å². The maximum absolute atomic E-state index is 10.9. The van der Waals surface area contributed by atoms with Gasteiger partial charge in [0.15, 0.2) is 0 Å². The summed E-state index contributed by atoms with van der Waals surface area (Å²) in [5.41, 5.74) is 3.32. The summed E-state index contributed by atoms with van der Waals surface area (Å²) in [6.07, 6.45) is 1.17. The minimum atomic E-state index is -0.398. The molecular formula is C20H18FeO2. The van der Waals surface area contributed by atoms with Crippen molar-refractivity contribution in [3.8, 4) is 11.1 Å². The molecule has 0 amide bonds. The average Bonchev–Trinajstić information content (AvgIpc) is 3.28. The molecule has 3 heteroatoms. The van der Waals surface area contributed by atoms with E-state index in [1.165, 1.54) is 11.6 Å². The summed E-state index contributed by atoms with van der Waals surface area (Å²) >= 11 is 0. The van der Waals surface area contributed by atoms with E-state index in [4.69, 9.17) is 4.74 Å². The fourth-order valence-electron chi connectivity index (χ4n) is 1.89. The van der Waals surface area contributed by atoms with Crippen LogP contribution in [0.15, 0.2) is 91.5 Å². The molecule has 0 unspecified atom stereocenters. The summed E-state index contributed by atoms with van der Waals surface area (Å²) < 4.78 is 4.95. The molecule has 0 N–H and O–H groups in total. The van der Waals surface area contributed by atoms with E-state index in [9.17, 15) is 4.79 Å². The second-order valence-corrected chi connectivity index (χ2v) is 4.64. The molecule has 23 heavy (non-hydrogen) atoms. The minimum absolute atomic E-state index is 0. The van der Waals surface area contributed by atoms with Crippen molar-refractivity contribution in [2.24, 2.45) is 0 Å². The van der Waals surface area contributed by atoms with Gasteiger partial charge in [-0.2, -0.15) is 30.3 Å². The first kappa shape index (κ1) is 18.7. The molecule has 0 spiro atoms. The van der Waals surface area contributed by atoms with Crippen molar-refractivity contribution in [1.82, 2.24) is 0 Å². The molecule has 0 radical (unpaired) electrons. The Morgan fingerprint density at radius 3 is 2.17 bits per heavy atom. The average molecular weight is 346 g/mol. The molecule has 0 fully saturated rings. The van der Waals surface area contributed by atoms with E-state index in [1.54, 1.807) is 0 Å². The number of rotatable bonds is 4. The Morgan fingerprint density at radius 2 is 1.70 bits per heavy atom. The molecule has 118 valence electrons. The van der Waals surface area contributed by atoms with Crippen LogP contribution in [0.1, 0.15) is 5.56 Å². The zero-order valence-electron chi connectivity index (χ0n) is 12.7. The standard InChI is InChI=1S/C15H13O2.C5H5.Fe/c1-2-15(16)17-11-12-7-9-14(10-8-12)13-5-3-4-6-13;1-2-4-5-3-1;/h2-10H,1,11H2;1-5H;/q2*-1;+2. The van der Waals surface area contributed by atoms with Gasteiger partial charge in [0.2, 0.25) is 0 Å². The van der Waals surface area contributed by atoms with Crippen molar-refractivity contribution < 1.29 is 26.6 Å². The van der Waals surface area contributed by atoms with Crippen molar-refractivity contribution in [3.63, 3.8) is 0 Å².